The van der Waals surface area contributed by atoms with Gasteiger partial charge in [0.2, 0.25) is 0 Å². The molecule has 1 unspecified atom stereocenters. The van der Waals surface area contributed by atoms with Crippen molar-refractivity contribution >= 4 is 7.82 Å². The van der Waals surface area contributed by atoms with Gasteiger partial charge in [-0.15, -0.1) is 0 Å². The van der Waals surface area contributed by atoms with Crippen LogP contribution in [0.15, 0.2) is 0 Å². The molecule has 4 saturated heterocycles. The predicted octanol–water partition coefficient (Wildman–Crippen LogP) is 0.0754. The van der Waals surface area contributed by atoms with Gasteiger partial charge in [0.15, 0.2) is 0 Å². The minimum Gasteiger partial charge on any atom is -0.268 e. The minimum atomic E-state index is -3.34. The van der Waals surface area contributed by atoms with E-state index in [4.69, 9.17) is 5.26 Å². The highest BCUT2D eigenvalue weighted by atomic mass is 31.2. The zero-order valence-corrected chi connectivity index (χ0v) is 5.33. The first-order chi connectivity index (χ1) is 4.64. The molecule has 52 valence electrons. The van der Waals surface area contributed by atoms with Crippen LogP contribution in [0.2, 0.25) is 0 Å². The molecule has 1 atom stereocenters. The Kier molecular flexibility index (Phi) is 0.504. The Labute approximate surface area is 54.8 Å². The third kappa shape index (κ3) is 0.289. The summed E-state index contributed by atoms with van der Waals surface area (Å²) in [6.07, 6.45) is 0. The van der Waals surface area contributed by atoms with Crippen molar-refractivity contribution in [2.24, 2.45) is 0 Å². The Hall–Kier alpha value is -0.440. The first kappa shape index (κ1) is 5.24. The van der Waals surface area contributed by atoms with Gasteiger partial charge >= 0.3 is 19.6 Å². The summed E-state index contributed by atoms with van der Waals surface area (Å²) in [4.78, 5) is 0. The van der Waals surface area contributed by atoms with Gasteiger partial charge in [0.25, 0.3) is 0 Å². The second-order valence-electron chi connectivity index (χ2n) is 2.11. The van der Waals surface area contributed by atoms with Crippen LogP contribution in [-0.4, -0.2) is 11.8 Å². The van der Waals surface area contributed by atoms with Crippen LogP contribution in [0, 0.1) is 11.3 Å². The van der Waals surface area contributed by atoms with Crippen molar-refractivity contribution in [1.29, 1.82) is 5.26 Å². The van der Waals surface area contributed by atoms with Crippen LogP contribution >= 0.6 is 7.82 Å². The van der Waals surface area contributed by atoms with Crippen molar-refractivity contribution in [1.82, 2.24) is 0 Å². The lowest BCUT2D eigenvalue weighted by molar-refractivity contribution is -0.194. The summed E-state index contributed by atoms with van der Waals surface area (Å²) >= 11 is 0. The summed E-state index contributed by atoms with van der Waals surface area (Å²) in [5.41, 5.74) is 0. The molecule has 1 spiro atoms. The Morgan fingerprint density at radius 3 is 2.40 bits per heavy atom. The summed E-state index contributed by atoms with van der Waals surface area (Å²) in [6.45, 7) is 0. The van der Waals surface area contributed by atoms with Crippen LogP contribution in [0.5, 0.6) is 0 Å². The highest BCUT2D eigenvalue weighted by Gasteiger charge is 2.97. The number of phosphoric ester groups is 1. The van der Waals surface area contributed by atoms with Crippen molar-refractivity contribution in [3.05, 3.63) is 0 Å². The van der Waals surface area contributed by atoms with Crippen LogP contribution < -0.4 is 0 Å². The van der Waals surface area contributed by atoms with Gasteiger partial charge in [-0.3, -0.25) is 4.74 Å². The summed E-state index contributed by atoms with van der Waals surface area (Å²) in [6, 6.07) is 1.66. The largest absolute Gasteiger partial charge is 0.487 e. The number of phosphoric acid groups is 1. The molecule has 0 radical (unpaired) electrons. The zero-order valence-electron chi connectivity index (χ0n) is 4.44. The fourth-order valence-electron chi connectivity index (χ4n) is 1.00. The van der Waals surface area contributed by atoms with E-state index >= 15 is 0 Å². The van der Waals surface area contributed by atoms with Gasteiger partial charge in [0, 0.05) is 0 Å². The minimum absolute atomic E-state index is 1.43. The van der Waals surface area contributed by atoms with Crippen molar-refractivity contribution in [2.45, 2.75) is 11.8 Å². The molecule has 6 nitrogen and oxygen atoms in total. The van der Waals surface area contributed by atoms with Gasteiger partial charge < -0.3 is 0 Å². The lowest BCUT2D eigenvalue weighted by Gasteiger charge is -2.21. The Bertz CT molecular complexity index is 309. The molecule has 0 saturated carbocycles. The van der Waals surface area contributed by atoms with Crippen molar-refractivity contribution in [3.8, 4) is 6.07 Å². The monoisotopic (exact) mass is 161 g/mol. The first-order valence-electron chi connectivity index (χ1n) is 2.47. The third-order valence-corrected chi connectivity index (χ3v) is 2.90. The fourth-order valence-corrected chi connectivity index (χ4v) is 2.50. The van der Waals surface area contributed by atoms with Crippen molar-refractivity contribution in [2.75, 3.05) is 0 Å². The van der Waals surface area contributed by atoms with E-state index in [9.17, 15) is 4.57 Å². The van der Waals surface area contributed by atoms with E-state index in [1.165, 1.54) is 0 Å². The topological polar surface area (TPSA) is 81.1 Å². The predicted molar refractivity (Wildman–Crippen MR) is 23.0 cm³/mol. The van der Waals surface area contributed by atoms with E-state index < -0.39 is 19.6 Å². The van der Waals surface area contributed by atoms with E-state index in [0.717, 1.165) is 0 Å². The average molecular weight is 161 g/mol. The molecule has 4 fully saturated rings. The molecule has 2 bridgehead atoms. The number of hydrogen-bond donors (Lipinski definition) is 0. The summed E-state index contributed by atoms with van der Waals surface area (Å²) < 4.78 is 29.1. The molecular formula is C3NO5P. The smallest absolute Gasteiger partial charge is 0.268 e. The van der Waals surface area contributed by atoms with E-state index in [1.54, 1.807) is 6.07 Å². The maximum absolute atomic E-state index is 10.8. The molecule has 0 aliphatic carbocycles. The van der Waals surface area contributed by atoms with Crippen LogP contribution in [0.25, 0.3) is 0 Å². The Morgan fingerprint density at radius 1 is 1.40 bits per heavy atom. The van der Waals surface area contributed by atoms with E-state index in [2.05, 4.69) is 18.3 Å². The Morgan fingerprint density at radius 2 is 2.10 bits per heavy atom. The molecule has 4 aliphatic heterocycles. The van der Waals surface area contributed by atoms with Crippen LogP contribution in [0.1, 0.15) is 0 Å². The first-order valence-corrected chi connectivity index (χ1v) is 3.94. The third-order valence-electron chi connectivity index (χ3n) is 1.49. The normalized spacial score (nSPS) is 67.9. The molecule has 4 aliphatic rings. The molecule has 7 heteroatoms. The second kappa shape index (κ2) is 0.961. The zero-order chi connectivity index (χ0) is 7.04. The lowest BCUT2D eigenvalue weighted by Crippen LogP contribution is -2.26. The molecule has 0 N–H and O–H groups in total. The number of rotatable bonds is 0. The average Bonchev–Trinajstić information content (AvgIpc) is 2.25. The molecule has 0 aromatic rings. The van der Waals surface area contributed by atoms with Crippen molar-refractivity contribution < 1.29 is 22.9 Å². The number of hydrogen-bond acceptors (Lipinski definition) is 6. The Balaban J connectivity index is 2.16. The molecule has 4 heterocycles. The second-order valence-corrected chi connectivity index (χ2v) is 3.55. The van der Waals surface area contributed by atoms with E-state index in [1.807, 2.05) is 0 Å². The van der Waals surface area contributed by atoms with E-state index in [-0.39, 0.29) is 0 Å². The maximum atomic E-state index is 10.8. The van der Waals surface area contributed by atoms with Crippen LogP contribution in [0.3, 0.4) is 0 Å². The number of epoxide rings is 1. The van der Waals surface area contributed by atoms with Crippen LogP contribution in [-0.2, 0) is 22.9 Å². The van der Waals surface area contributed by atoms with Gasteiger partial charge in [0.1, 0.15) is 6.07 Å². The fraction of sp³-hybridized carbons (Fsp3) is 0.667. The van der Waals surface area contributed by atoms with Gasteiger partial charge in [-0.1, -0.05) is 0 Å². The van der Waals surface area contributed by atoms with Gasteiger partial charge in [-0.25, -0.2) is 18.1 Å². The summed E-state index contributed by atoms with van der Waals surface area (Å²) in [5.74, 6) is -2.96. The lowest BCUT2D eigenvalue weighted by atomic mass is 10.4. The standard InChI is InChI=1S/C3NO5P/c4-1-2-3(6-2)8-10(5,7-2)9-3. The molecule has 10 heavy (non-hydrogen) atoms. The molecule has 4 rings (SSSR count). The molecule has 0 amide bonds. The number of nitrogens with zero attached hydrogens (tertiary/aromatic N) is 1. The highest BCUT2D eigenvalue weighted by molar-refractivity contribution is 7.50. The molecule has 0 aromatic carbocycles. The maximum Gasteiger partial charge on any atom is 0.487 e. The SMILES string of the molecule is N#CC12OC13OP(=O)(O2)O3. The van der Waals surface area contributed by atoms with Gasteiger partial charge in [0.05, 0.1) is 0 Å². The molecular weight excluding hydrogens is 161 g/mol. The number of ether oxygens (including phenoxy) is 1. The van der Waals surface area contributed by atoms with Crippen molar-refractivity contribution in [3.63, 3.8) is 0 Å². The molecule has 0 aromatic heterocycles. The quantitative estimate of drug-likeness (QED) is 0.369. The summed E-state index contributed by atoms with van der Waals surface area (Å²) in [5, 5.41) is 8.39. The summed E-state index contributed by atoms with van der Waals surface area (Å²) in [7, 11) is -3.34. The van der Waals surface area contributed by atoms with Crippen LogP contribution in [0.4, 0.5) is 0 Å². The number of nitriles is 1. The van der Waals surface area contributed by atoms with E-state index in [0.29, 0.717) is 0 Å². The highest BCUT2D eigenvalue weighted by Crippen LogP contribution is 2.86. The van der Waals surface area contributed by atoms with Gasteiger partial charge in [-0.2, -0.15) is 5.26 Å². The van der Waals surface area contributed by atoms with Gasteiger partial charge in [-0.05, 0) is 0 Å².